The van der Waals surface area contributed by atoms with Crippen molar-refractivity contribution >= 4 is 0 Å². The molecule has 0 aliphatic rings. The second-order valence-electron chi connectivity index (χ2n) is 3.26. The number of hydrogen-bond acceptors (Lipinski definition) is 1. The van der Waals surface area contributed by atoms with Crippen LogP contribution >= 0.6 is 0 Å². The van der Waals surface area contributed by atoms with Gasteiger partial charge in [0.05, 0.1) is 0 Å². The summed E-state index contributed by atoms with van der Waals surface area (Å²) in [6, 6.07) is -1.75. The molecule has 0 saturated carbocycles. The molecule has 1 nitrogen and oxygen atoms in total. The molecule has 96 valence electrons. The third-order valence-corrected chi connectivity index (χ3v) is 2.07. The van der Waals surface area contributed by atoms with E-state index in [-0.39, 0.29) is 6.07 Å². The van der Waals surface area contributed by atoms with E-state index in [0.717, 1.165) is 0 Å². The van der Waals surface area contributed by atoms with E-state index < -0.39 is 35.3 Å². The number of alkyl halides is 5. The SMILES string of the molecule is NC(c1ccc(F)cc1F)C(F)(F)C(F)(F)F. The van der Waals surface area contributed by atoms with Crippen LogP contribution in [0.15, 0.2) is 18.2 Å². The van der Waals surface area contributed by atoms with Crippen LogP contribution in [0.3, 0.4) is 0 Å². The minimum atomic E-state index is -5.91. The minimum Gasteiger partial charge on any atom is -0.319 e. The van der Waals surface area contributed by atoms with E-state index in [1.54, 1.807) is 0 Å². The first kappa shape index (κ1) is 13.8. The van der Waals surface area contributed by atoms with Crippen LogP contribution < -0.4 is 5.73 Å². The van der Waals surface area contributed by atoms with Crippen molar-refractivity contribution < 1.29 is 30.7 Å². The van der Waals surface area contributed by atoms with Crippen molar-refractivity contribution in [2.75, 3.05) is 0 Å². The fourth-order valence-electron chi connectivity index (χ4n) is 1.13. The Hall–Kier alpha value is -1.31. The minimum absolute atomic E-state index is 0.182. The Bertz CT molecular complexity index is 412. The lowest BCUT2D eigenvalue weighted by Gasteiger charge is -2.26. The van der Waals surface area contributed by atoms with E-state index >= 15 is 0 Å². The lowest BCUT2D eigenvalue weighted by molar-refractivity contribution is -0.291. The van der Waals surface area contributed by atoms with Gasteiger partial charge in [-0.2, -0.15) is 22.0 Å². The molecule has 1 atom stereocenters. The van der Waals surface area contributed by atoms with Crippen molar-refractivity contribution in [2.45, 2.75) is 18.1 Å². The van der Waals surface area contributed by atoms with Gasteiger partial charge in [-0.1, -0.05) is 6.07 Å². The van der Waals surface area contributed by atoms with Crippen LogP contribution in [0.4, 0.5) is 30.7 Å². The summed E-state index contributed by atoms with van der Waals surface area (Å²) in [6.45, 7) is 0. The average molecular weight is 261 g/mol. The Balaban J connectivity index is 3.17. The third-order valence-electron chi connectivity index (χ3n) is 2.07. The summed E-state index contributed by atoms with van der Waals surface area (Å²) in [4.78, 5) is 0. The predicted octanol–water partition coefficient (Wildman–Crippen LogP) is 3.16. The topological polar surface area (TPSA) is 26.0 Å². The van der Waals surface area contributed by atoms with Crippen molar-refractivity contribution in [1.82, 2.24) is 0 Å². The lowest BCUT2D eigenvalue weighted by atomic mass is 10.0. The van der Waals surface area contributed by atoms with Crippen molar-refractivity contribution in [1.29, 1.82) is 0 Å². The molecule has 0 saturated heterocycles. The smallest absolute Gasteiger partial charge is 0.319 e. The van der Waals surface area contributed by atoms with Gasteiger partial charge >= 0.3 is 12.1 Å². The zero-order valence-electron chi connectivity index (χ0n) is 8.03. The summed E-state index contributed by atoms with van der Waals surface area (Å²) in [5.41, 5.74) is 3.57. The summed E-state index contributed by atoms with van der Waals surface area (Å²) in [7, 11) is 0. The summed E-state index contributed by atoms with van der Waals surface area (Å²) in [5.74, 6) is -7.96. The molecule has 1 aromatic carbocycles. The molecule has 0 aromatic heterocycles. The first-order valence-corrected chi connectivity index (χ1v) is 4.22. The Kier molecular flexibility index (Phi) is 3.37. The molecule has 0 bridgehead atoms. The molecule has 0 aliphatic heterocycles. The van der Waals surface area contributed by atoms with E-state index in [2.05, 4.69) is 5.73 Å². The van der Waals surface area contributed by atoms with E-state index in [0.29, 0.717) is 12.1 Å². The number of rotatable bonds is 2. The van der Waals surface area contributed by atoms with Gasteiger partial charge in [-0.3, -0.25) is 0 Å². The highest BCUT2D eigenvalue weighted by Crippen LogP contribution is 2.43. The second kappa shape index (κ2) is 4.17. The summed E-state index contributed by atoms with van der Waals surface area (Å²) < 4.78 is 86.9. The largest absolute Gasteiger partial charge is 0.455 e. The molecule has 0 fully saturated rings. The molecule has 17 heavy (non-hydrogen) atoms. The molecule has 8 heteroatoms. The number of benzene rings is 1. The van der Waals surface area contributed by atoms with Gasteiger partial charge in [0.2, 0.25) is 0 Å². The summed E-state index contributed by atoms with van der Waals surface area (Å²) in [6.07, 6.45) is -5.91. The van der Waals surface area contributed by atoms with Crippen molar-refractivity contribution in [3.8, 4) is 0 Å². The Morgan fingerprint density at radius 3 is 1.94 bits per heavy atom. The Morgan fingerprint density at radius 2 is 1.53 bits per heavy atom. The molecular weight excluding hydrogens is 255 g/mol. The number of hydrogen-bond donors (Lipinski definition) is 1. The maximum Gasteiger partial charge on any atom is 0.455 e. The van der Waals surface area contributed by atoms with Crippen LogP contribution in [0.1, 0.15) is 11.6 Å². The van der Waals surface area contributed by atoms with E-state index in [1.807, 2.05) is 0 Å². The zero-order valence-corrected chi connectivity index (χ0v) is 8.03. The molecule has 0 amide bonds. The normalized spacial score (nSPS) is 14.8. The van der Waals surface area contributed by atoms with Crippen LogP contribution in [-0.2, 0) is 0 Å². The van der Waals surface area contributed by atoms with Gasteiger partial charge in [0.1, 0.15) is 17.7 Å². The highest BCUT2D eigenvalue weighted by atomic mass is 19.4. The maximum atomic E-state index is 13.0. The summed E-state index contributed by atoms with van der Waals surface area (Å²) >= 11 is 0. The molecule has 0 radical (unpaired) electrons. The second-order valence-corrected chi connectivity index (χ2v) is 3.26. The van der Waals surface area contributed by atoms with Gasteiger partial charge in [-0.25, -0.2) is 8.78 Å². The van der Waals surface area contributed by atoms with Gasteiger partial charge < -0.3 is 5.73 Å². The molecule has 1 aromatic rings. The Morgan fingerprint density at radius 1 is 1.00 bits per heavy atom. The third kappa shape index (κ3) is 2.51. The first-order chi connectivity index (χ1) is 7.57. The fourth-order valence-corrected chi connectivity index (χ4v) is 1.13. The van der Waals surface area contributed by atoms with E-state index in [4.69, 9.17) is 0 Å². The molecule has 0 spiro atoms. The standard InChI is InChI=1S/C9H6F7N/c10-4-1-2-5(6(11)3-4)7(17)8(12,13)9(14,15)16/h1-3,7H,17H2. The summed E-state index contributed by atoms with van der Waals surface area (Å²) in [5, 5.41) is 0. The quantitative estimate of drug-likeness (QED) is 0.813. The van der Waals surface area contributed by atoms with Crippen LogP contribution in [-0.4, -0.2) is 12.1 Å². The van der Waals surface area contributed by atoms with Crippen LogP contribution in [0.5, 0.6) is 0 Å². The first-order valence-electron chi connectivity index (χ1n) is 4.22. The molecule has 0 aliphatic carbocycles. The van der Waals surface area contributed by atoms with E-state index in [9.17, 15) is 30.7 Å². The van der Waals surface area contributed by atoms with Gasteiger partial charge in [-0.15, -0.1) is 0 Å². The highest BCUT2D eigenvalue weighted by Gasteiger charge is 2.62. The number of halogens is 7. The predicted molar refractivity (Wildman–Crippen MR) is 44.3 cm³/mol. The van der Waals surface area contributed by atoms with Gasteiger partial charge in [0, 0.05) is 11.6 Å². The molecular formula is C9H6F7N. The molecule has 1 unspecified atom stereocenters. The van der Waals surface area contributed by atoms with E-state index in [1.165, 1.54) is 0 Å². The monoisotopic (exact) mass is 261 g/mol. The molecule has 1 rings (SSSR count). The van der Waals surface area contributed by atoms with Crippen molar-refractivity contribution in [3.05, 3.63) is 35.4 Å². The Labute approximate surface area is 91.0 Å². The zero-order chi connectivity index (χ0) is 13.4. The van der Waals surface area contributed by atoms with Crippen LogP contribution in [0.25, 0.3) is 0 Å². The van der Waals surface area contributed by atoms with Crippen molar-refractivity contribution in [3.63, 3.8) is 0 Å². The lowest BCUT2D eigenvalue weighted by Crippen LogP contribution is -2.46. The average Bonchev–Trinajstić information content (AvgIpc) is 2.14. The van der Waals surface area contributed by atoms with Crippen LogP contribution in [0, 0.1) is 11.6 Å². The number of nitrogens with two attached hydrogens (primary N) is 1. The van der Waals surface area contributed by atoms with Gasteiger partial charge in [0.25, 0.3) is 0 Å². The van der Waals surface area contributed by atoms with Crippen LogP contribution in [0.2, 0.25) is 0 Å². The maximum absolute atomic E-state index is 13.0. The molecule has 0 heterocycles. The highest BCUT2D eigenvalue weighted by molar-refractivity contribution is 5.24. The van der Waals surface area contributed by atoms with Gasteiger partial charge in [-0.05, 0) is 6.07 Å². The van der Waals surface area contributed by atoms with Crippen molar-refractivity contribution in [2.24, 2.45) is 5.73 Å². The fraction of sp³-hybridized carbons (Fsp3) is 0.333. The van der Waals surface area contributed by atoms with Gasteiger partial charge in [0.15, 0.2) is 0 Å². The molecule has 2 N–H and O–H groups in total.